The summed E-state index contributed by atoms with van der Waals surface area (Å²) >= 11 is 0. The maximum atomic E-state index is 12.2. The molecular weight excluding hydrogens is 372 g/mol. The molecule has 0 fully saturated rings. The summed E-state index contributed by atoms with van der Waals surface area (Å²) < 4.78 is 6.71. The standard InChI is InChI=1S/C20H24N6O3/c1-13-16(14(2)26-20(22-13)23-19(21)24-26)9-10-18(28)29-12-17(27)25(3)11-15-7-5-4-6-8-15/h4-8H,9-12H2,1-3H3,(H2,21,24). The van der Waals surface area contributed by atoms with Crippen LogP contribution >= 0.6 is 0 Å². The van der Waals surface area contributed by atoms with Crippen molar-refractivity contribution >= 4 is 23.6 Å². The second kappa shape index (κ2) is 8.68. The summed E-state index contributed by atoms with van der Waals surface area (Å²) in [7, 11) is 1.68. The number of likely N-dealkylation sites (N-methyl/N-ethyl adjacent to an activating group) is 1. The lowest BCUT2D eigenvalue weighted by Gasteiger charge is -2.17. The molecule has 2 heterocycles. The van der Waals surface area contributed by atoms with Gasteiger partial charge in [-0.05, 0) is 31.4 Å². The van der Waals surface area contributed by atoms with Crippen LogP contribution in [0.2, 0.25) is 0 Å². The van der Waals surface area contributed by atoms with Crippen LogP contribution in [0.4, 0.5) is 5.95 Å². The molecule has 29 heavy (non-hydrogen) atoms. The van der Waals surface area contributed by atoms with Gasteiger partial charge in [-0.3, -0.25) is 9.59 Å². The molecule has 152 valence electrons. The topological polar surface area (TPSA) is 116 Å². The number of hydrogen-bond acceptors (Lipinski definition) is 7. The molecule has 1 aromatic carbocycles. The zero-order valence-electron chi connectivity index (χ0n) is 16.8. The molecule has 0 aliphatic heterocycles. The predicted octanol–water partition coefficient (Wildman–Crippen LogP) is 1.46. The fourth-order valence-electron chi connectivity index (χ4n) is 3.08. The van der Waals surface area contributed by atoms with Gasteiger partial charge in [0.15, 0.2) is 6.61 Å². The minimum Gasteiger partial charge on any atom is -0.456 e. The molecule has 3 rings (SSSR count). The molecule has 9 heteroatoms. The SMILES string of the molecule is Cc1nc2nc(N)nn2c(C)c1CCC(=O)OCC(=O)N(C)Cc1ccccc1. The number of anilines is 1. The Balaban J connectivity index is 1.52. The van der Waals surface area contributed by atoms with Crippen molar-refractivity contribution in [1.29, 1.82) is 0 Å². The molecule has 0 saturated carbocycles. The van der Waals surface area contributed by atoms with Crippen LogP contribution in [-0.2, 0) is 27.3 Å². The molecule has 0 aliphatic carbocycles. The Morgan fingerprint density at radius 2 is 1.90 bits per heavy atom. The van der Waals surface area contributed by atoms with Gasteiger partial charge in [-0.1, -0.05) is 30.3 Å². The Bertz CT molecular complexity index is 1030. The van der Waals surface area contributed by atoms with Gasteiger partial charge in [0, 0.05) is 31.4 Å². The number of nitrogens with zero attached hydrogens (tertiary/aromatic N) is 5. The summed E-state index contributed by atoms with van der Waals surface area (Å²) in [5.74, 6) is -0.121. The number of fused-ring (bicyclic) bond motifs is 1. The summed E-state index contributed by atoms with van der Waals surface area (Å²) in [6, 6.07) is 9.62. The quantitative estimate of drug-likeness (QED) is 0.601. The lowest BCUT2D eigenvalue weighted by Crippen LogP contribution is -2.30. The van der Waals surface area contributed by atoms with Gasteiger partial charge in [-0.15, -0.1) is 5.10 Å². The number of aryl methyl sites for hydroxylation is 2. The fourth-order valence-corrected chi connectivity index (χ4v) is 3.08. The van der Waals surface area contributed by atoms with Crippen molar-refractivity contribution in [3.05, 3.63) is 52.8 Å². The Kier molecular flexibility index (Phi) is 6.06. The third-order valence-corrected chi connectivity index (χ3v) is 4.69. The first-order valence-corrected chi connectivity index (χ1v) is 9.27. The van der Waals surface area contributed by atoms with Gasteiger partial charge in [-0.25, -0.2) is 4.98 Å². The first kappa shape index (κ1) is 20.2. The van der Waals surface area contributed by atoms with Crippen LogP contribution in [0.1, 0.15) is 28.9 Å². The molecule has 1 amide bonds. The Morgan fingerprint density at radius 1 is 1.17 bits per heavy atom. The van der Waals surface area contributed by atoms with Crippen molar-refractivity contribution in [2.45, 2.75) is 33.2 Å². The van der Waals surface area contributed by atoms with Gasteiger partial charge in [0.25, 0.3) is 11.7 Å². The highest BCUT2D eigenvalue weighted by molar-refractivity contribution is 5.80. The van der Waals surface area contributed by atoms with Gasteiger partial charge >= 0.3 is 5.97 Å². The second-order valence-electron chi connectivity index (χ2n) is 6.84. The maximum absolute atomic E-state index is 12.2. The van der Waals surface area contributed by atoms with E-state index in [9.17, 15) is 9.59 Å². The van der Waals surface area contributed by atoms with E-state index >= 15 is 0 Å². The van der Waals surface area contributed by atoms with Crippen LogP contribution in [0.25, 0.3) is 5.78 Å². The molecule has 0 radical (unpaired) electrons. The van der Waals surface area contributed by atoms with Crippen molar-refractivity contribution in [2.75, 3.05) is 19.4 Å². The molecule has 0 aliphatic rings. The smallest absolute Gasteiger partial charge is 0.306 e. The van der Waals surface area contributed by atoms with Crippen molar-refractivity contribution in [2.24, 2.45) is 0 Å². The monoisotopic (exact) mass is 396 g/mol. The number of rotatable bonds is 7. The van der Waals surface area contributed by atoms with Crippen LogP contribution < -0.4 is 5.73 Å². The summed E-state index contributed by atoms with van der Waals surface area (Å²) in [5.41, 5.74) is 9.10. The zero-order valence-corrected chi connectivity index (χ0v) is 16.8. The molecule has 0 bridgehead atoms. The highest BCUT2D eigenvalue weighted by Crippen LogP contribution is 2.16. The zero-order chi connectivity index (χ0) is 21.0. The predicted molar refractivity (Wildman–Crippen MR) is 107 cm³/mol. The van der Waals surface area contributed by atoms with E-state index in [0.29, 0.717) is 18.7 Å². The van der Waals surface area contributed by atoms with Gasteiger partial charge in [0.1, 0.15) is 0 Å². The number of carbonyl (C=O) groups excluding carboxylic acids is 2. The van der Waals surface area contributed by atoms with Gasteiger partial charge in [0.2, 0.25) is 5.95 Å². The average Bonchev–Trinajstić information content (AvgIpc) is 3.07. The van der Waals surface area contributed by atoms with E-state index in [2.05, 4.69) is 15.1 Å². The molecule has 0 unspecified atom stereocenters. The number of nitrogen functional groups attached to an aromatic ring is 1. The third kappa shape index (κ3) is 4.87. The van der Waals surface area contributed by atoms with E-state index in [1.54, 1.807) is 11.6 Å². The number of aromatic nitrogens is 4. The van der Waals surface area contributed by atoms with Crippen molar-refractivity contribution in [1.82, 2.24) is 24.5 Å². The largest absolute Gasteiger partial charge is 0.456 e. The highest BCUT2D eigenvalue weighted by atomic mass is 16.5. The van der Waals surface area contributed by atoms with Crippen LogP contribution in [0, 0.1) is 13.8 Å². The van der Waals surface area contributed by atoms with Crippen molar-refractivity contribution in [3.8, 4) is 0 Å². The van der Waals surface area contributed by atoms with Gasteiger partial charge in [-0.2, -0.15) is 9.50 Å². The maximum Gasteiger partial charge on any atom is 0.306 e. The van der Waals surface area contributed by atoms with E-state index in [4.69, 9.17) is 10.5 Å². The first-order valence-electron chi connectivity index (χ1n) is 9.27. The van der Waals surface area contributed by atoms with Crippen LogP contribution in [-0.4, -0.2) is 50.0 Å². The Morgan fingerprint density at radius 3 is 2.62 bits per heavy atom. The molecule has 3 aromatic rings. The number of hydrogen-bond donors (Lipinski definition) is 1. The molecule has 0 atom stereocenters. The summed E-state index contributed by atoms with van der Waals surface area (Å²) in [6.07, 6.45) is 0.558. The van der Waals surface area contributed by atoms with Crippen molar-refractivity contribution < 1.29 is 14.3 Å². The third-order valence-electron chi connectivity index (χ3n) is 4.69. The van der Waals surface area contributed by atoms with Crippen LogP contribution in [0.5, 0.6) is 0 Å². The highest BCUT2D eigenvalue weighted by Gasteiger charge is 2.16. The number of benzene rings is 1. The van der Waals surface area contributed by atoms with Crippen LogP contribution in [0.15, 0.2) is 30.3 Å². The number of amides is 1. The number of ether oxygens (including phenoxy) is 1. The van der Waals surface area contributed by atoms with E-state index in [-0.39, 0.29) is 24.9 Å². The number of esters is 1. The second-order valence-corrected chi connectivity index (χ2v) is 6.84. The van der Waals surface area contributed by atoms with Crippen molar-refractivity contribution in [3.63, 3.8) is 0 Å². The van der Waals surface area contributed by atoms with E-state index in [1.165, 1.54) is 4.90 Å². The number of nitrogens with two attached hydrogens (primary N) is 1. The van der Waals surface area contributed by atoms with Gasteiger partial charge < -0.3 is 15.4 Å². The number of carbonyl (C=O) groups is 2. The minimum absolute atomic E-state index is 0.134. The molecule has 0 saturated heterocycles. The molecule has 0 spiro atoms. The lowest BCUT2D eigenvalue weighted by atomic mass is 10.1. The summed E-state index contributed by atoms with van der Waals surface area (Å²) in [5, 5.41) is 4.11. The Labute approximate surface area is 168 Å². The minimum atomic E-state index is -0.441. The molecular formula is C20H24N6O3. The van der Waals surface area contributed by atoms with E-state index in [0.717, 1.165) is 22.5 Å². The van der Waals surface area contributed by atoms with Crippen LogP contribution in [0.3, 0.4) is 0 Å². The summed E-state index contributed by atoms with van der Waals surface area (Å²) in [4.78, 5) is 34.3. The molecule has 2 N–H and O–H groups in total. The fraction of sp³-hybridized carbons (Fsp3) is 0.350. The van der Waals surface area contributed by atoms with Gasteiger partial charge in [0.05, 0.1) is 0 Å². The molecule has 2 aromatic heterocycles. The lowest BCUT2D eigenvalue weighted by molar-refractivity contribution is -0.151. The Hall–Kier alpha value is -3.49. The van der Waals surface area contributed by atoms with E-state index in [1.807, 2.05) is 44.2 Å². The first-order chi connectivity index (χ1) is 13.8. The average molecular weight is 396 g/mol. The normalized spacial score (nSPS) is 10.9. The molecule has 9 nitrogen and oxygen atoms in total. The summed E-state index contributed by atoms with van der Waals surface area (Å²) in [6.45, 7) is 3.90. The van der Waals surface area contributed by atoms with E-state index < -0.39 is 5.97 Å².